The summed E-state index contributed by atoms with van der Waals surface area (Å²) in [5, 5.41) is 0.906. The van der Waals surface area contributed by atoms with Gasteiger partial charge in [0.05, 0.1) is 3.79 Å². The first kappa shape index (κ1) is 6.78. The Kier molecular flexibility index (Phi) is 2.53. The van der Waals surface area contributed by atoms with Crippen molar-refractivity contribution in [1.29, 1.82) is 0 Å². The highest BCUT2D eigenvalue weighted by molar-refractivity contribution is 9.11. The second-order valence-electron chi connectivity index (χ2n) is 1.25. The maximum atomic E-state index is 3.34. The van der Waals surface area contributed by atoms with Crippen LogP contribution < -0.4 is 0 Å². The molecule has 0 N–H and O–H groups in total. The second kappa shape index (κ2) is 2.99. The molecule has 0 nitrogen and oxygen atoms in total. The van der Waals surface area contributed by atoms with Gasteiger partial charge >= 0.3 is 0 Å². The predicted octanol–water partition coefficient (Wildman–Crippen LogP) is 3.21. The highest BCUT2D eigenvalue weighted by Crippen LogP contribution is 2.22. The largest absolute Gasteiger partial charge is 0.132 e. The molecule has 0 aromatic carbocycles. The normalized spacial score (nSPS) is 9.75. The van der Waals surface area contributed by atoms with E-state index in [1.165, 1.54) is 4.88 Å². The molecule has 0 aliphatic heterocycles. The predicted molar refractivity (Wildman–Crippen MR) is 43.5 cm³/mol. The summed E-state index contributed by atoms with van der Waals surface area (Å²) in [6.07, 6.45) is 0. The van der Waals surface area contributed by atoms with Crippen LogP contribution in [0.3, 0.4) is 0 Å². The van der Waals surface area contributed by atoms with Crippen molar-refractivity contribution in [2.75, 3.05) is 0 Å². The molecule has 0 amide bonds. The van der Waals surface area contributed by atoms with Gasteiger partial charge in [0.15, 0.2) is 0 Å². The number of hydrogen-bond donors (Lipinski definition) is 0. The zero-order valence-electron chi connectivity index (χ0n) is 3.95. The fourth-order valence-electron chi connectivity index (χ4n) is 0.380. The summed E-state index contributed by atoms with van der Waals surface area (Å²) in [5.41, 5.74) is 0. The van der Waals surface area contributed by atoms with Crippen molar-refractivity contribution >= 4 is 43.2 Å². The molecule has 1 rings (SSSR count). The molecule has 0 saturated carbocycles. The Morgan fingerprint density at radius 1 is 1.75 bits per heavy atom. The van der Waals surface area contributed by atoms with Crippen LogP contribution in [-0.2, 0) is 5.33 Å². The van der Waals surface area contributed by atoms with E-state index in [4.69, 9.17) is 0 Å². The first-order valence-electron chi connectivity index (χ1n) is 2.05. The van der Waals surface area contributed by atoms with Gasteiger partial charge in [-0.15, -0.1) is 11.3 Å². The van der Waals surface area contributed by atoms with Gasteiger partial charge in [-0.1, -0.05) is 15.9 Å². The van der Waals surface area contributed by atoms with Crippen LogP contribution in [0.25, 0.3) is 0 Å². The summed E-state index contributed by atoms with van der Waals surface area (Å²) in [5.74, 6) is 0. The molecule has 1 aromatic heterocycles. The van der Waals surface area contributed by atoms with Gasteiger partial charge in [0, 0.05) is 10.2 Å². The quantitative estimate of drug-likeness (QED) is 0.676. The lowest BCUT2D eigenvalue weighted by molar-refractivity contribution is 1.57. The van der Waals surface area contributed by atoms with Crippen LogP contribution in [0.15, 0.2) is 9.85 Å². The summed E-state index contributed by atoms with van der Waals surface area (Å²) in [6, 6.07) is 5.01. The SMILES string of the molecule is BrCc1[c]cc(Br)s1. The van der Waals surface area contributed by atoms with Crippen molar-refractivity contribution in [3.8, 4) is 0 Å². The van der Waals surface area contributed by atoms with Crippen LogP contribution in [0.4, 0.5) is 0 Å². The van der Waals surface area contributed by atoms with Crippen molar-refractivity contribution in [3.63, 3.8) is 0 Å². The fraction of sp³-hybridized carbons (Fsp3) is 0.200. The van der Waals surface area contributed by atoms with Gasteiger partial charge in [-0.3, -0.25) is 0 Å². The summed E-state index contributed by atoms with van der Waals surface area (Å²) in [6.45, 7) is 0. The lowest BCUT2D eigenvalue weighted by Crippen LogP contribution is -1.58. The molecule has 43 valence electrons. The van der Waals surface area contributed by atoms with E-state index in [0.29, 0.717) is 0 Å². The van der Waals surface area contributed by atoms with Gasteiger partial charge < -0.3 is 0 Å². The van der Waals surface area contributed by atoms with Crippen molar-refractivity contribution < 1.29 is 0 Å². The molecule has 3 heteroatoms. The molecular formula is C5H3Br2S. The highest BCUT2D eigenvalue weighted by atomic mass is 79.9. The maximum Gasteiger partial charge on any atom is 0.0708 e. The Balaban J connectivity index is 2.84. The summed E-state index contributed by atoms with van der Waals surface area (Å²) >= 11 is 8.37. The average molecular weight is 255 g/mol. The van der Waals surface area contributed by atoms with Crippen LogP contribution in [0.5, 0.6) is 0 Å². The Hall–Kier alpha value is 0.660. The van der Waals surface area contributed by atoms with E-state index in [9.17, 15) is 0 Å². The van der Waals surface area contributed by atoms with Gasteiger partial charge in [0.2, 0.25) is 0 Å². The van der Waals surface area contributed by atoms with E-state index in [1.807, 2.05) is 6.07 Å². The highest BCUT2D eigenvalue weighted by Gasteiger charge is 1.92. The molecule has 8 heavy (non-hydrogen) atoms. The van der Waals surface area contributed by atoms with Crippen LogP contribution >= 0.6 is 43.2 Å². The molecule has 0 unspecified atom stereocenters. The molecule has 1 aromatic rings. The van der Waals surface area contributed by atoms with E-state index < -0.39 is 0 Å². The van der Waals surface area contributed by atoms with Crippen LogP contribution in [-0.4, -0.2) is 0 Å². The molecule has 0 aliphatic rings. The summed E-state index contributed by atoms with van der Waals surface area (Å²) in [7, 11) is 0. The van der Waals surface area contributed by atoms with Crippen molar-refractivity contribution in [3.05, 3.63) is 20.8 Å². The number of hydrogen-bond acceptors (Lipinski definition) is 1. The number of halogens is 2. The first-order valence-corrected chi connectivity index (χ1v) is 4.78. The van der Waals surface area contributed by atoms with Crippen LogP contribution in [0.1, 0.15) is 4.88 Å². The number of alkyl halides is 1. The Morgan fingerprint density at radius 3 is 2.75 bits per heavy atom. The van der Waals surface area contributed by atoms with E-state index in [2.05, 4.69) is 37.9 Å². The van der Waals surface area contributed by atoms with Gasteiger partial charge in [-0.2, -0.15) is 0 Å². The van der Waals surface area contributed by atoms with E-state index in [0.717, 1.165) is 9.12 Å². The topological polar surface area (TPSA) is 0 Å². The molecule has 0 spiro atoms. The molecular weight excluding hydrogens is 252 g/mol. The van der Waals surface area contributed by atoms with Gasteiger partial charge in [-0.25, -0.2) is 0 Å². The van der Waals surface area contributed by atoms with Crippen LogP contribution in [0, 0.1) is 6.07 Å². The van der Waals surface area contributed by atoms with Crippen molar-refractivity contribution in [1.82, 2.24) is 0 Å². The smallest absolute Gasteiger partial charge is 0.0708 e. The zero-order chi connectivity index (χ0) is 5.98. The standard InChI is InChI=1S/C5H3Br2S/c6-3-4-1-2-5(7)8-4/h2H,3H2. The van der Waals surface area contributed by atoms with Crippen LogP contribution in [0.2, 0.25) is 0 Å². The van der Waals surface area contributed by atoms with Gasteiger partial charge in [0.25, 0.3) is 0 Å². The lowest BCUT2D eigenvalue weighted by Gasteiger charge is -1.77. The third-order valence-corrected chi connectivity index (χ3v) is 3.16. The molecule has 0 saturated heterocycles. The first-order chi connectivity index (χ1) is 3.83. The molecule has 0 aliphatic carbocycles. The van der Waals surface area contributed by atoms with E-state index in [-0.39, 0.29) is 0 Å². The van der Waals surface area contributed by atoms with Gasteiger partial charge in [0.1, 0.15) is 0 Å². The van der Waals surface area contributed by atoms with Crippen molar-refractivity contribution in [2.24, 2.45) is 0 Å². The zero-order valence-corrected chi connectivity index (χ0v) is 7.94. The number of rotatable bonds is 1. The van der Waals surface area contributed by atoms with E-state index >= 15 is 0 Å². The molecule has 0 fully saturated rings. The minimum Gasteiger partial charge on any atom is -0.132 e. The maximum absolute atomic E-state index is 3.34. The summed E-state index contributed by atoms with van der Waals surface area (Å²) in [4.78, 5) is 1.23. The molecule has 0 bridgehead atoms. The molecule has 1 radical (unpaired) electrons. The molecule has 0 atom stereocenters. The second-order valence-corrected chi connectivity index (χ2v) is 4.33. The third kappa shape index (κ3) is 1.57. The monoisotopic (exact) mass is 253 g/mol. The average Bonchev–Trinajstić information content (AvgIpc) is 2.14. The lowest BCUT2D eigenvalue weighted by atomic mass is 10.5. The third-order valence-electron chi connectivity index (χ3n) is 0.689. The van der Waals surface area contributed by atoms with Gasteiger partial charge in [-0.05, 0) is 28.1 Å². The Labute approximate surface area is 69.2 Å². The number of thiophene rings is 1. The van der Waals surface area contributed by atoms with E-state index in [1.54, 1.807) is 11.3 Å². The Bertz CT molecular complexity index is 171. The molecule has 1 heterocycles. The fourth-order valence-corrected chi connectivity index (χ4v) is 2.11. The Morgan fingerprint density at radius 2 is 2.50 bits per heavy atom. The minimum atomic E-state index is 0.906. The minimum absolute atomic E-state index is 0.906. The van der Waals surface area contributed by atoms with Crippen molar-refractivity contribution in [2.45, 2.75) is 5.33 Å². The summed E-state index contributed by atoms with van der Waals surface area (Å²) < 4.78 is 1.15.